The third-order valence-corrected chi connectivity index (χ3v) is 6.79. The van der Waals surface area contributed by atoms with E-state index in [-0.39, 0.29) is 13.2 Å². The van der Waals surface area contributed by atoms with Crippen molar-refractivity contribution < 1.29 is 19.4 Å². The van der Waals surface area contributed by atoms with Crippen molar-refractivity contribution in [3.8, 4) is 5.75 Å². The summed E-state index contributed by atoms with van der Waals surface area (Å²) in [6.45, 7) is 9.25. The molecule has 188 valence electrons. The number of guanidine groups is 1. The number of benzene rings is 1. The maximum atomic E-state index is 12.7. The number of carbonyl (C=O) groups is 2. The molecule has 2 aliphatic rings. The van der Waals surface area contributed by atoms with E-state index in [1.54, 1.807) is 11.9 Å². The number of aliphatic hydroxyl groups excluding tert-OH is 1. The number of urea groups is 1. The van der Waals surface area contributed by atoms with Crippen LogP contribution in [0.1, 0.15) is 50.7 Å². The number of β-amino-alcohol motifs (C(OH)–C–C–N with tert-alkyl or cyclic N) is 1. The largest absolute Gasteiger partial charge is 0.491 e. The zero-order valence-electron chi connectivity index (χ0n) is 21.0. The van der Waals surface area contributed by atoms with Gasteiger partial charge in [0.1, 0.15) is 24.6 Å². The van der Waals surface area contributed by atoms with Gasteiger partial charge in [0.15, 0.2) is 12.0 Å². The molecule has 2 aliphatic heterocycles. The average molecular weight is 474 g/mol. The van der Waals surface area contributed by atoms with Gasteiger partial charge in [0, 0.05) is 13.6 Å². The maximum Gasteiger partial charge on any atom is 0.325 e. The highest BCUT2D eigenvalue weighted by molar-refractivity contribution is 6.04. The molecule has 0 radical (unpaired) electrons. The van der Waals surface area contributed by atoms with Crippen LogP contribution in [0.15, 0.2) is 23.2 Å². The Hall–Kier alpha value is -2.81. The number of unbranched alkanes of at least 4 members (excludes halogenated alkanes) is 1. The minimum atomic E-state index is -0.856. The molecular weight excluding hydrogens is 434 g/mol. The monoisotopic (exact) mass is 473 g/mol. The number of hydrogen-bond donors (Lipinski definition) is 3. The van der Waals surface area contributed by atoms with Crippen molar-refractivity contribution >= 4 is 17.9 Å². The van der Waals surface area contributed by atoms with Crippen LogP contribution in [0.25, 0.3) is 0 Å². The molecule has 0 aliphatic carbocycles. The number of carbonyl (C=O) groups excluding carboxylic acids is 2. The van der Waals surface area contributed by atoms with Gasteiger partial charge in [-0.05, 0) is 49.4 Å². The van der Waals surface area contributed by atoms with Gasteiger partial charge in [0.05, 0.1) is 6.54 Å². The number of aryl methyl sites for hydroxylation is 2. The highest BCUT2D eigenvalue weighted by Crippen LogP contribution is 2.22. The van der Waals surface area contributed by atoms with Crippen LogP contribution in [0.3, 0.4) is 0 Å². The first-order valence-electron chi connectivity index (χ1n) is 12.3. The summed E-state index contributed by atoms with van der Waals surface area (Å²) >= 11 is 0. The van der Waals surface area contributed by atoms with Crippen molar-refractivity contribution in [3.63, 3.8) is 0 Å². The number of likely N-dealkylation sites (N-methyl/N-ethyl adjacent to an activating group) is 1. The van der Waals surface area contributed by atoms with E-state index in [9.17, 15) is 14.7 Å². The Bertz CT molecular complexity index is 905. The van der Waals surface area contributed by atoms with E-state index in [1.165, 1.54) is 10.5 Å². The number of rotatable bonds is 11. The Balaban J connectivity index is 1.73. The second-order valence-electron chi connectivity index (χ2n) is 9.38. The molecular formula is C25H39N5O4. The number of aliphatic imine (C=N–C) groups is 1. The minimum absolute atomic E-state index is 0.0775. The van der Waals surface area contributed by atoms with Crippen LogP contribution in [0.5, 0.6) is 5.75 Å². The molecule has 3 rings (SSSR count). The SMILES string of the molecule is CCCCC(CC)CN=C1NC2C(C(=O)NC(=O)N2C)N1CC(O)COc1ccc(C)c(C)c1. The van der Waals surface area contributed by atoms with E-state index in [1.807, 2.05) is 32.0 Å². The topological polar surface area (TPSA) is 106 Å². The van der Waals surface area contributed by atoms with Crippen molar-refractivity contribution in [1.29, 1.82) is 0 Å². The molecule has 2 fully saturated rings. The molecule has 4 atom stereocenters. The van der Waals surface area contributed by atoms with E-state index in [4.69, 9.17) is 9.73 Å². The lowest BCUT2D eigenvalue weighted by molar-refractivity contribution is -0.127. The Morgan fingerprint density at radius 2 is 1.97 bits per heavy atom. The number of hydrogen-bond acceptors (Lipinski definition) is 5. The average Bonchev–Trinajstić information content (AvgIpc) is 3.17. The molecule has 0 bridgehead atoms. The number of nitrogens with one attached hydrogen (secondary N) is 2. The van der Waals surface area contributed by atoms with Gasteiger partial charge in [0.2, 0.25) is 0 Å². The molecule has 3 N–H and O–H groups in total. The first kappa shape index (κ1) is 25.8. The van der Waals surface area contributed by atoms with E-state index < -0.39 is 30.2 Å². The summed E-state index contributed by atoms with van der Waals surface area (Å²) in [6, 6.07) is 4.68. The van der Waals surface area contributed by atoms with Gasteiger partial charge in [-0.3, -0.25) is 15.1 Å². The summed E-state index contributed by atoms with van der Waals surface area (Å²) in [7, 11) is 1.64. The molecule has 1 aromatic rings. The van der Waals surface area contributed by atoms with Crippen molar-refractivity contribution in [3.05, 3.63) is 29.3 Å². The van der Waals surface area contributed by atoms with E-state index in [0.29, 0.717) is 24.2 Å². The summed E-state index contributed by atoms with van der Waals surface area (Å²) in [5, 5.41) is 16.4. The van der Waals surface area contributed by atoms with Crippen LogP contribution in [-0.2, 0) is 4.79 Å². The molecule has 1 aromatic carbocycles. The van der Waals surface area contributed by atoms with E-state index in [2.05, 4.69) is 24.5 Å². The normalized spacial score (nSPS) is 22.9. The molecule has 2 heterocycles. The first-order valence-corrected chi connectivity index (χ1v) is 12.3. The number of amides is 3. The number of imide groups is 1. The highest BCUT2D eigenvalue weighted by atomic mass is 16.5. The number of ether oxygens (including phenoxy) is 1. The molecule has 0 spiro atoms. The predicted molar refractivity (Wildman–Crippen MR) is 132 cm³/mol. The summed E-state index contributed by atoms with van der Waals surface area (Å²) in [5.74, 6) is 1.28. The lowest BCUT2D eigenvalue weighted by Crippen LogP contribution is -2.65. The van der Waals surface area contributed by atoms with E-state index >= 15 is 0 Å². The van der Waals surface area contributed by atoms with Gasteiger partial charge < -0.3 is 25.0 Å². The predicted octanol–water partition coefficient (Wildman–Crippen LogP) is 2.40. The van der Waals surface area contributed by atoms with Gasteiger partial charge in [-0.2, -0.15) is 0 Å². The lowest BCUT2D eigenvalue weighted by Gasteiger charge is -2.35. The van der Waals surface area contributed by atoms with Crippen LogP contribution in [0, 0.1) is 19.8 Å². The second-order valence-corrected chi connectivity index (χ2v) is 9.38. The van der Waals surface area contributed by atoms with Crippen LogP contribution in [0.2, 0.25) is 0 Å². The van der Waals surface area contributed by atoms with Crippen LogP contribution in [0.4, 0.5) is 4.79 Å². The molecule has 9 nitrogen and oxygen atoms in total. The molecule has 2 saturated heterocycles. The molecule has 9 heteroatoms. The number of aliphatic hydroxyl groups is 1. The summed E-state index contributed by atoms with van der Waals surface area (Å²) in [5.41, 5.74) is 2.29. The van der Waals surface area contributed by atoms with Crippen molar-refractivity contribution in [2.75, 3.05) is 26.7 Å². The number of nitrogens with zero attached hydrogens (tertiary/aromatic N) is 3. The Morgan fingerprint density at radius 3 is 2.65 bits per heavy atom. The molecule has 3 amide bonds. The standard InChI is InChI=1S/C25H39N5O4/c1-6-8-9-18(7-2)13-26-24-27-22-21(23(32)28-25(33)29(22)5)30(24)14-19(31)15-34-20-11-10-16(3)17(4)12-20/h10-12,18-19,21-22,31H,6-9,13-15H2,1-5H3,(H,26,27)(H,28,32,33). The summed E-state index contributed by atoms with van der Waals surface area (Å²) < 4.78 is 5.81. The molecule has 0 saturated carbocycles. The third-order valence-electron chi connectivity index (χ3n) is 6.79. The van der Waals surface area contributed by atoms with Gasteiger partial charge in [-0.25, -0.2) is 4.79 Å². The van der Waals surface area contributed by atoms with Gasteiger partial charge in [-0.15, -0.1) is 0 Å². The fraction of sp³-hybridized carbons (Fsp3) is 0.640. The summed E-state index contributed by atoms with van der Waals surface area (Å²) in [4.78, 5) is 32.9. The van der Waals surface area contributed by atoms with Crippen LogP contribution in [-0.4, -0.2) is 77.9 Å². The van der Waals surface area contributed by atoms with E-state index in [0.717, 1.165) is 31.2 Å². The molecule has 4 unspecified atom stereocenters. The Morgan fingerprint density at radius 1 is 1.21 bits per heavy atom. The molecule has 0 aromatic heterocycles. The lowest BCUT2D eigenvalue weighted by atomic mass is 10.00. The second kappa shape index (κ2) is 11.6. The van der Waals surface area contributed by atoms with Crippen LogP contribution >= 0.6 is 0 Å². The van der Waals surface area contributed by atoms with Gasteiger partial charge in [-0.1, -0.05) is 39.2 Å². The Labute approximate surface area is 202 Å². The Kier molecular flexibility index (Phi) is 8.77. The maximum absolute atomic E-state index is 12.7. The van der Waals surface area contributed by atoms with Crippen LogP contribution < -0.4 is 15.4 Å². The summed E-state index contributed by atoms with van der Waals surface area (Å²) in [6.07, 6.45) is 3.02. The van der Waals surface area contributed by atoms with Crippen molar-refractivity contribution in [2.45, 2.75) is 71.7 Å². The number of fused-ring (bicyclic) bond motifs is 1. The van der Waals surface area contributed by atoms with Crippen molar-refractivity contribution in [2.24, 2.45) is 10.9 Å². The zero-order chi connectivity index (χ0) is 24.8. The first-order chi connectivity index (χ1) is 16.2. The highest BCUT2D eigenvalue weighted by Gasteiger charge is 2.50. The van der Waals surface area contributed by atoms with Gasteiger partial charge in [0.25, 0.3) is 5.91 Å². The fourth-order valence-corrected chi connectivity index (χ4v) is 4.33. The smallest absolute Gasteiger partial charge is 0.325 e. The fourth-order valence-electron chi connectivity index (χ4n) is 4.33. The van der Waals surface area contributed by atoms with Gasteiger partial charge >= 0.3 is 6.03 Å². The quantitative estimate of drug-likeness (QED) is 0.456. The molecule has 34 heavy (non-hydrogen) atoms. The van der Waals surface area contributed by atoms with Crippen molar-refractivity contribution in [1.82, 2.24) is 20.4 Å². The third kappa shape index (κ3) is 6.00. The zero-order valence-corrected chi connectivity index (χ0v) is 21.0. The minimum Gasteiger partial charge on any atom is -0.491 e.